The van der Waals surface area contributed by atoms with Crippen LogP contribution in [0.5, 0.6) is 0 Å². The highest BCUT2D eigenvalue weighted by Crippen LogP contribution is 2.25. The first kappa shape index (κ1) is 13.5. The third-order valence-electron chi connectivity index (χ3n) is 3.26. The van der Waals surface area contributed by atoms with Crippen LogP contribution >= 0.6 is 24.2 Å². The smallest absolute Gasteiger partial charge is 0.0459 e. The summed E-state index contributed by atoms with van der Waals surface area (Å²) in [6.45, 7) is 2.08. The first-order valence-corrected chi connectivity index (χ1v) is 7.15. The molecule has 0 atom stereocenters. The van der Waals surface area contributed by atoms with Crippen LogP contribution in [0.4, 0.5) is 0 Å². The second-order valence-corrected chi connectivity index (χ2v) is 5.22. The third-order valence-corrected chi connectivity index (χ3v) is 4.00. The molecule has 0 saturated carbocycles. The van der Waals surface area contributed by atoms with Crippen LogP contribution in [0, 0.1) is 0 Å². The Bertz CT molecular complexity index is 496. The highest BCUT2D eigenvalue weighted by Gasteiger charge is 2.12. The van der Waals surface area contributed by atoms with E-state index in [0.717, 1.165) is 19.5 Å². The van der Waals surface area contributed by atoms with Crippen LogP contribution in [0.1, 0.15) is 11.3 Å². The summed E-state index contributed by atoms with van der Waals surface area (Å²) in [4.78, 5) is 4.85. The lowest BCUT2D eigenvalue weighted by Crippen LogP contribution is -2.22. The predicted molar refractivity (Wildman–Crippen MR) is 80.7 cm³/mol. The first-order valence-electron chi connectivity index (χ1n) is 5.93. The molecule has 1 aromatic heterocycles. The Labute approximate surface area is 118 Å². The molecule has 1 aliphatic heterocycles. The van der Waals surface area contributed by atoms with Crippen LogP contribution < -0.4 is 5.32 Å². The molecule has 2 aromatic rings. The van der Waals surface area contributed by atoms with Crippen LogP contribution in [-0.2, 0) is 13.0 Å². The van der Waals surface area contributed by atoms with E-state index in [0.29, 0.717) is 0 Å². The van der Waals surface area contributed by atoms with Crippen LogP contribution in [0.2, 0.25) is 0 Å². The van der Waals surface area contributed by atoms with E-state index >= 15 is 0 Å². The topological polar surface area (TPSA) is 27.8 Å². The molecule has 0 spiro atoms. The highest BCUT2D eigenvalue weighted by atomic mass is 35.5. The van der Waals surface area contributed by atoms with Gasteiger partial charge in [-0.15, -0.1) is 24.2 Å². The van der Waals surface area contributed by atoms with Gasteiger partial charge in [0.15, 0.2) is 0 Å². The van der Waals surface area contributed by atoms with E-state index in [2.05, 4.69) is 46.9 Å². The standard InChI is InChI=1S/C14H16N2S.ClH/c1-17-12-4-2-10(3-5-12)14-8-11-9-15-7-6-13(11)16-14;/h2-5,8,15-16H,6-7,9H2,1H3;1H. The fraction of sp³-hybridized carbons (Fsp3) is 0.286. The Morgan fingerprint density at radius 2 is 1.94 bits per heavy atom. The maximum Gasteiger partial charge on any atom is 0.0459 e. The minimum atomic E-state index is 0. The summed E-state index contributed by atoms with van der Waals surface area (Å²) in [6.07, 6.45) is 3.21. The van der Waals surface area contributed by atoms with Crippen molar-refractivity contribution in [2.45, 2.75) is 17.9 Å². The first-order chi connectivity index (χ1) is 8.36. The Morgan fingerprint density at radius 3 is 2.61 bits per heavy atom. The summed E-state index contributed by atoms with van der Waals surface area (Å²) >= 11 is 1.78. The van der Waals surface area contributed by atoms with Crippen LogP contribution in [-0.4, -0.2) is 17.8 Å². The van der Waals surface area contributed by atoms with E-state index in [1.54, 1.807) is 11.8 Å². The molecule has 96 valence electrons. The van der Waals surface area contributed by atoms with Gasteiger partial charge >= 0.3 is 0 Å². The quantitative estimate of drug-likeness (QED) is 0.825. The number of thioether (sulfide) groups is 1. The second kappa shape index (κ2) is 5.83. The van der Waals surface area contributed by atoms with E-state index in [4.69, 9.17) is 0 Å². The molecule has 0 amide bonds. The Hall–Kier alpha value is -0.900. The van der Waals surface area contributed by atoms with Crippen molar-refractivity contribution in [3.05, 3.63) is 41.6 Å². The summed E-state index contributed by atoms with van der Waals surface area (Å²) in [5.74, 6) is 0. The monoisotopic (exact) mass is 280 g/mol. The number of fused-ring (bicyclic) bond motifs is 1. The molecule has 0 unspecified atom stereocenters. The van der Waals surface area contributed by atoms with Crippen molar-refractivity contribution in [3.8, 4) is 11.3 Å². The van der Waals surface area contributed by atoms with Crippen LogP contribution in [0.25, 0.3) is 11.3 Å². The van der Waals surface area contributed by atoms with Gasteiger partial charge in [-0.1, -0.05) is 12.1 Å². The number of rotatable bonds is 2. The predicted octanol–water partition coefficient (Wildman–Crippen LogP) is 3.47. The van der Waals surface area contributed by atoms with Gasteiger partial charge in [0.1, 0.15) is 0 Å². The average Bonchev–Trinajstić information content (AvgIpc) is 2.82. The summed E-state index contributed by atoms with van der Waals surface area (Å²) in [6, 6.07) is 11.0. The molecule has 2 heterocycles. The summed E-state index contributed by atoms with van der Waals surface area (Å²) in [7, 11) is 0. The molecular formula is C14H17ClN2S. The molecular weight excluding hydrogens is 264 g/mol. The van der Waals surface area contributed by atoms with Crippen molar-refractivity contribution in [1.29, 1.82) is 0 Å². The molecule has 0 aliphatic carbocycles. The molecule has 4 heteroatoms. The van der Waals surface area contributed by atoms with Gasteiger partial charge in [-0.2, -0.15) is 0 Å². The van der Waals surface area contributed by atoms with Gasteiger partial charge in [-0.25, -0.2) is 0 Å². The lowest BCUT2D eigenvalue weighted by molar-refractivity contribution is 0.638. The summed E-state index contributed by atoms with van der Waals surface area (Å²) in [5, 5.41) is 3.40. The zero-order valence-electron chi connectivity index (χ0n) is 10.3. The van der Waals surface area contributed by atoms with Crippen molar-refractivity contribution in [2.24, 2.45) is 0 Å². The van der Waals surface area contributed by atoms with Gasteiger partial charge in [0.25, 0.3) is 0 Å². The van der Waals surface area contributed by atoms with Crippen molar-refractivity contribution in [1.82, 2.24) is 10.3 Å². The number of hydrogen-bond acceptors (Lipinski definition) is 2. The largest absolute Gasteiger partial charge is 0.358 e. The van der Waals surface area contributed by atoms with Gasteiger partial charge in [0.05, 0.1) is 0 Å². The molecule has 2 nitrogen and oxygen atoms in total. The molecule has 0 bridgehead atoms. The lowest BCUT2D eigenvalue weighted by atomic mass is 10.1. The van der Waals surface area contributed by atoms with Gasteiger partial charge < -0.3 is 10.3 Å². The number of aromatic nitrogens is 1. The Kier molecular flexibility index (Phi) is 4.38. The maximum absolute atomic E-state index is 3.54. The summed E-state index contributed by atoms with van der Waals surface area (Å²) in [5.41, 5.74) is 5.33. The van der Waals surface area contributed by atoms with E-state index < -0.39 is 0 Å². The lowest BCUT2D eigenvalue weighted by Gasteiger charge is -2.11. The van der Waals surface area contributed by atoms with Crippen molar-refractivity contribution >= 4 is 24.2 Å². The zero-order valence-corrected chi connectivity index (χ0v) is 12.0. The molecule has 0 saturated heterocycles. The van der Waals surface area contributed by atoms with Gasteiger partial charge in [0.2, 0.25) is 0 Å². The van der Waals surface area contributed by atoms with Crippen molar-refractivity contribution < 1.29 is 0 Å². The molecule has 1 aliphatic rings. The number of benzene rings is 1. The van der Waals surface area contributed by atoms with E-state index in [9.17, 15) is 0 Å². The minimum absolute atomic E-state index is 0. The second-order valence-electron chi connectivity index (χ2n) is 4.34. The number of halogens is 1. The minimum Gasteiger partial charge on any atom is -0.358 e. The summed E-state index contributed by atoms with van der Waals surface area (Å²) < 4.78 is 0. The van der Waals surface area contributed by atoms with Crippen LogP contribution in [0.3, 0.4) is 0 Å². The number of H-pyrrole nitrogens is 1. The number of aromatic amines is 1. The van der Waals surface area contributed by atoms with Gasteiger partial charge in [0, 0.05) is 35.8 Å². The molecule has 2 N–H and O–H groups in total. The fourth-order valence-corrected chi connectivity index (χ4v) is 2.69. The number of hydrogen-bond donors (Lipinski definition) is 2. The van der Waals surface area contributed by atoms with E-state index in [1.165, 1.54) is 27.4 Å². The highest BCUT2D eigenvalue weighted by molar-refractivity contribution is 7.98. The van der Waals surface area contributed by atoms with Crippen molar-refractivity contribution in [3.63, 3.8) is 0 Å². The normalized spacial score (nSPS) is 13.8. The molecule has 18 heavy (non-hydrogen) atoms. The number of nitrogens with one attached hydrogen (secondary N) is 2. The van der Waals surface area contributed by atoms with Crippen molar-refractivity contribution in [2.75, 3.05) is 12.8 Å². The maximum atomic E-state index is 3.54. The third kappa shape index (κ3) is 2.58. The fourth-order valence-electron chi connectivity index (χ4n) is 2.28. The van der Waals surface area contributed by atoms with E-state index in [-0.39, 0.29) is 12.4 Å². The Balaban J connectivity index is 0.00000120. The average molecular weight is 281 g/mol. The molecule has 3 rings (SSSR count). The van der Waals surface area contributed by atoms with Gasteiger partial charge in [-0.3, -0.25) is 0 Å². The molecule has 0 radical (unpaired) electrons. The zero-order chi connectivity index (χ0) is 11.7. The van der Waals surface area contributed by atoms with E-state index in [1.807, 2.05) is 0 Å². The molecule has 1 aromatic carbocycles. The SMILES string of the molecule is CSc1ccc(-c2cc3c([nH]2)CCNC3)cc1.Cl. The Morgan fingerprint density at radius 1 is 1.17 bits per heavy atom. The van der Waals surface area contributed by atoms with Crippen LogP contribution in [0.15, 0.2) is 35.2 Å². The molecule has 0 fully saturated rings. The van der Waals surface area contributed by atoms with Gasteiger partial charge in [-0.05, 0) is 35.6 Å².